The molecule has 0 aliphatic rings. The molecule has 0 radical (unpaired) electrons. The van der Waals surface area contributed by atoms with Crippen LogP contribution in [0.1, 0.15) is 52.0 Å². The van der Waals surface area contributed by atoms with E-state index in [1.54, 1.807) is 0 Å². The average molecular weight is 195 g/mol. The molecule has 80 valence electrons. The normalized spacial score (nSPS) is 14.4. The lowest BCUT2D eigenvalue weighted by molar-refractivity contribution is 0.336. The van der Waals surface area contributed by atoms with Crippen LogP contribution in [-0.4, -0.2) is 9.78 Å². The third kappa shape index (κ3) is 2.15. The van der Waals surface area contributed by atoms with E-state index in [0.29, 0.717) is 0 Å². The monoisotopic (exact) mass is 195 g/mol. The highest BCUT2D eigenvalue weighted by atomic mass is 15.3. The van der Waals surface area contributed by atoms with Gasteiger partial charge >= 0.3 is 0 Å². The van der Waals surface area contributed by atoms with Gasteiger partial charge in [0.15, 0.2) is 0 Å². The first-order valence-corrected chi connectivity index (χ1v) is 5.21. The van der Waals surface area contributed by atoms with Gasteiger partial charge in [0.1, 0.15) is 0 Å². The number of nitrogens with zero attached hydrogens (tertiary/aromatic N) is 2. The zero-order valence-corrected chi connectivity index (χ0v) is 9.83. The van der Waals surface area contributed by atoms with E-state index < -0.39 is 0 Å². The van der Waals surface area contributed by atoms with Crippen molar-refractivity contribution in [3.63, 3.8) is 0 Å². The van der Waals surface area contributed by atoms with E-state index in [-0.39, 0.29) is 11.6 Å². The molecule has 1 aromatic heterocycles. The average Bonchev–Trinajstić information content (AvgIpc) is 2.46. The van der Waals surface area contributed by atoms with Crippen molar-refractivity contribution in [1.29, 1.82) is 0 Å². The number of hydrogen-bond donors (Lipinski definition) is 1. The second-order valence-corrected chi connectivity index (χ2v) is 4.79. The summed E-state index contributed by atoms with van der Waals surface area (Å²) in [7, 11) is 0. The predicted molar refractivity (Wildman–Crippen MR) is 59.2 cm³/mol. The first-order chi connectivity index (χ1) is 6.36. The van der Waals surface area contributed by atoms with Crippen molar-refractivity contribution in [2.45, 2.75) is 52.6 Å². The van der Waals surface area contributed by atoms with E-state index in [4.69, 9.17) is 5.73 Å². The molecule has 0 aliphatic carbocycles. The number of aryl methyl sites for hydroxylation is 1. The molecule has 0 spiro atoms. The molecule has 3 heteroatoms. The van der Waals surface area contributed by atoms with Crippen molar-refractivity contribution >= 4 is 0 Å². The lowest BCUT2D eigenvalue weighted by atomic mass is 10.1. The molecule has 0 bridgehead atoms. The fourth-order valence-corrected chi connectivity index (χ4v) is 1.48. The van der Waals surface area contributed by atoms with Crippen LogP contribution in [-0.2, 0) is 12.0 Å². The van der Waals surface area contributed by atoms with Crippen LogP contribution in [0.2, 0.25) is 0 Å². The second kappa shape index (κ2) is 3.73. The Morgan fingerprint density at radius 1 is 1.50 bits per heavy atom. The van der Waals surface area contributed by atoms with Crippen molar-refractivity contribution in [2.75, 3.05) is 0 Å². The Kier molecular flexibility index (Phi) is 3.00. The van der Waals surface area contributed by atoms with Crippen molar-refractivity contribution in [2.24, 2.45) is 5.73 Å². The summed E-state index contributed by atoms with van der Waals surface area (Å²) in [5.74, 6) is 0. The summed E-state index contributed by atoms with van der Waals surface area (Å²) < 4.78 is 2.04. The van der Waals surface area contributed by atoms with Gasteiger partial charge in [0.2, 0.25) is 0 Å². The molecule has 1 atom stereocenters. The third-order valence-electron chi connectivity index (χ3n) is 2.25. The summed E-state index contributed by atoms with van der Waals surface area (Å²) >= 11 is 0. The number of aromatic nitrogens is 2. The van der Waals surface area contributed by atoms with Crippen LogP contribution in [0.4, 0.5) is 0 Å². The Morgan fingerprint density at radius 3 is 2.36 bits per heavy atom. The summed E-state index contributed by atoms with van der Waals surface area (Å²) in [6.07, 6.45) is 0.961. The van der Waals surface area contributed by atoms with Crippen LogP contribution < -0.4 is 5.73 Å². The molecule has 2 N–H and O–H groups in total. The molecule has 0 saturated carbocycles. The van der Waals surface area contributed by atoms with Gasteiger partial charge in [0.05, 0.1) is 16.9 Å². The highest BCUT2D eigenvalue weighted by molar-refractivity contribution is 5.15. The van der Waals surface area contributed by atoms with Crippen LogP contribution in [0.3, 0.4) is 0 Å². The van der Waals surface area contributed by atoms with Crippen LogP contribution in [0.25, 0.3) is 0 Å². The van der Waals surface area contributed by atoms with Gasteiger partial charge in [0, 0.05) is 6.04 Å². The van der Waals surface area contributed by atoms with Gasteiger partial charge in [-0.05, 0) is 40.2 Å². The summed E-state index contributed by atoms with van der Waals surface area (Å²) in [6.45, 7) is 10.5. The standard InChI is InChI=1S/C11H21N3/c1-6-9-7-10(8(2)12)14(13-9)11(3,4)5/h7-8H,6,12H2,1-5H3/t8-/m0/s1. The molecule has 0 fully saturated rings. The van der Waals surface area contributed by atoms with Crippen molar-refractivity contribution in [3.05, 3.63) is 17.5 Å². The molecule has 1 heterocycles. The maximum Gasteiger partial charge on any atom is 0.0625 e. The highest BCUT2D eigenvalue weighted by Crippen LogP contribution is 2.21. The van der Waals surface area contributed by atoms with Gasteiger partial charge in [-0.1, -0.05) is 6.92 Å². The summed E-state index contributed by atoms with van der Waals surface area (Å²) in [6, 6.07) is 2.15. The van der Waals surface area contributed by atoms with Crippen molar-refractivity contribution in [1.82, 2.24) is 9.78 Å². The highest BCUT2D eigenvalue weighted by Gasteiger charge is 2.20. The molecule has 0 aliphatic heterocycles. The van der Waals surface area contributed by atoms with E-state index in [1.165, 1.54) is 0 Å². The Bertz CT molecular complexity index is 305. The third-order valence-corrected chi connectivity index (χ3v) is 2.25. The zero-order chi connectivity index (χ0) is 10.9. The van der Waals surface area contributed by atoms with Gasteiger partial charge in [-0.15, -0.1) is 0 Å². The van der Waals surface area contributed by atoms with E-state index in [0.717, 1.165) is 17.8 Å². The lowest BCUT2D eigenvalue weighted by Crippen LogP contribution is -2.27. The molecule has 0 saturated heterocycles. The van der Waals surface area contributed by atoms with Crippen LogP contribution in [0.15, 0.2) is 6.07 Å². The van der Waals surface area contributed by atoms with Crippen LogP contribution in [0, 0.1) is 0 Å². The molecule has 3 nitrogen and oxygen atoms in total. The SMILES string of the molecule is CCc1cc([C@H](C)N)n(C(C)(C)C)n1. The minimum Gasteiger partial charge on any atom is -0.323 e. The van der Waals surface area contributed by atoms with Gasteiger partial charge < -0.3 is 5.73 Å². The smallest absolute Gasteiger partial charge is 0.0625 e. The Labute approximate surface area is 86.3 Å². The minimum absolute atomic E-state index is 0.0103. The number of hydrogen-bond acceptors (Lipinski definition) is 2. The molecule has 0 amide bonds. The first kappa shape index (κ1) is 11.2. The van der Waals surface area contributed by atoms with Gasteiger partial charge in [-0.2, -0.15) is 5.10 Å². The van der Waals surface area contributed by atoms with Crippen LogP contribution in [0.5, 0.6) is 0 Å². The Balaban J connectivity index is 3.19. The quantitative estimate of drug-likeness (QED) is 0.786. The van der Waals surface area contributed by atoms with E-state index in [2.05, 4.69) is 38.9 Å². The molecule has 14 heavy (non-hydrogen) atoms. The molecule has 0 unspecified atom stereocenters. The summed E-state index contributed by atoms with van der Waals surface area (Å²) in [4.78, 5) is 0. The van der Waals surface area contributed by atoms with E-state index in [1.807, 2.05) is 11.6 Å². The Hall–Kier alpha value is -0.830. The van der Waals surface area contributed by atoms with Crippen molar-refractivity contribution in [3.8, 4) is 0 Å². The van der Waals surface area contributed by atoms with E-state index >= 15 is 0 Å². The fourth-order valence-electron chi connectivity index (χ4n) is 1.48. The maximum atomic E-state index is 5.92. The number of rotatable bonds is 2. The first-order valence-electron chi connectivity index (χ1n) is 5.21. The summed E-state index contributed by atoms with van der Waals surface area (Å²) in [5, 5.41) is 4.56. The topological polar surface area (TPSA) is 43.8 Å². The van der Waals surface area contributed by atoms with Gasteiger partial charge in [-0.3, -0.25) is 4.68 Å². The lowest BCUT2D eigenvalue weighted by Gasteiger charge is -2.23. The molecular weight excluding hydrogens is 174 g/mol. The predicted octanol–water partition coefficient (Wildman–Crippen LogP) is 2.22. The molecular formula is C11H21N3. The Morgan fingerprint density at radius 2 is 2.07 bits per heavy atom. The van der Waals surface area contributed by atoms with E-state index in [9.17, 15) is 0 Å². The zero-order valence-electron chi connectivity index (χ0n) is 9.83. The molecule has 1 rings (SSSR count). The maximum absolute atomic E-state index is 5.92. The van der Waals surface area contributed by atoms with Gasteiger partial charge in [0.25, 0.3) is 0 Å². The van der Waals surface area contributed by atoms with Crippen molar-refractivity contribution < 1.29 is 0 Å². The number of nitrogens with two attached hydrogens (primary N) is 1. The minimum atomic E-state index is 0.0103. The summed E-state index contributed by atoms with van der Waals surface area (Å²) in [5.41, 5.74) is 8.17. The fraction of sp³-hybridized carbons (Fsp3) is 0.727. The molecule has 0 aromatic carbocycles. The van der Waals surface area contributed by atoms with Gasteiger partial charge in [-0.25, -0.2) is 0 Å². The largest absolute Gasteiger partial charge is 0.323 e. The molecule has 1 aromatic rings. The second-order valence-electron chi connectivity index (χ2n) is 4.79. The van der Waals surface area contributed by atoms with Crippen LogP contribution >= 0.6 is 0 Å².